The maximum Gasteiger partial charge on any atom is 0.242 e. The van der Waals surface area contributed by atoms with Crippen LogP contribution in [-0.4, -0.2) is 40.3 Å². The largest absolute Gasteiger partial charge is 0.340 e. The summed E-state index contributed by atoms with van der Waals surface area (Å²) in [4.78, 5) is 30.5. The summed E-state index contributed by atoms with van der Waals surface area (Å²) in [6, 6.07) is 3.57. The van der Waals surface area contributed by atoms with Crippen molar-refractivity contribution in [2.24, 2.45) is 11.7 Å². The van der Waals surface area contributed by atoms with Crippen LogP contribution in [0.2, 0.25) is 0 Å². The Balaban J connectivity index is 0.00000144. The van der Waals surface area contributed by atoms with Crippen molar-refractivity contribution in [2.75, 3.05) is 18.4 Å². The molecule has 1 unspecified atom stereocenters. The van der Waals surface area contributed by atoms with Gasteiger partial charge in [0, 0.05) is 23.8 Å². The summed E-state index contributed by atoms with van der Waals surface area (Å²) in [6.07, 6.45) is 4.75. The number of pyridine rings is 1. The lowest BCUT2D eigenvalue weighted by Gasteiger charge is -2.33. The molecule has 1 saturated carbocycles. The molecule has 0 radical (unpaired) electrons. The monoisotopic (exact) mass is 438 g/mol. The molecule has 2 amide bonds. The fourth-order valence-electron chi connectivity index (χ4n) is 2.72. The predicted molar refractivity (Wildman–Crippen MR) is 101 cm³/mol. The van der Waals surface area contributed by atoms with Crippen LogP contribution >= 0.6 is 40.7 Å². The molecule has 24 heavy (non-hydrogen) atoms. The molecular formula is C15H21BrCl2N4O2. The standard InChI is InChI=1S/C15H19BrN4O2.2ClH/c16-11-3-4-12(18-8-11)19-13(21)10-2-1-7-20(9-10)14(22)15(17)5-6-15;;/h3-4,8,10H,1-2,5-7,9,17H2,(H,18,19,21);2*1H. The molecule has 134 valence electrons. The summed E-state index contributed by atoms with van der Waals surface area (Å²) in [5, 5.41) is 2.81. The van der Waals surface area contributed by atoms with Crippen LogP contribution in [0.3, 0.4) is 0 Å². The molecule has 1 saturated heterocycles. The van der Waals surface area contributed by atoms with Crippen LogP contribution in [0.25, 0.3) is 0 Å². The average molecular weight is 440 g/mol. The number of nitrogens with zero attached hydrogens (tertiary/aromatic N) is 2. The Morgan fingerprint density at radius 3 is 2.62 bits per heavy atom. The number of anilines is 1. The van der Waals surface area contributed by atoms with Gasteiger partial charge in [0.1, 0.15) is 5.82 Å². The van der Waals surface area contributed by atoms with Crippen molar-refractivity contribution in [2.45, 2.75) is 31.2 Å². The lowest BCUT2D eigenvalue weighted by Crippen LogP contribution is -2.51. The van der Waals surface area contributed by atoms with Crippen LogP contribution in [0.1, 0.15) is 25.7 Å². The molecule has 1 aliphatic carbocycles. The first-order valence-corrected chi connectivity index (χ1v) is 8.28. The Kier molecular flexibility index (Phi) is 7.46. The number of hydrogen-bond acceptors (Lipinski definition) is 4. The van der Waals surface area contributed by atoms with Crippen LogP contribution in [0.15, 0.2) is 22.8 Å². The van der Waals surface area contributed by atoms with E-state index in [4.69, 9.17) is 5.73 Å². The zero-order chi connectivity index (χ0) is 15.7. The van der Waals surface area contributed by atoms with E-state index >= 15 is 0 Å². The summed E-state index contributed by atoms with van der Waals surface area (Å²) < 4.78 is 0.859. The Morgan fingerprint density at radius 1 is 1.33 bits per heavy atom. The molecule has 1 atom stereocenters. The van der Waals surface area contributed by atoms with Crippen molar-refractivity contribution in [1.82, 2.24) is 9.88 Å². The van der Waals surface area contributed by atoms with Gasteiger partial charge in [-0.25, -0.2) is 4.98 Å². The van der Waals surface area contributed by atoms with E-state index in [-0.39, 0.29) is 42.5 Å². The van der Waals surface area contributed by atoms with E-state index in [0.717, 1.165) is 30.2 Å². The molecule has 2 heterocycles. The first kappa shape index (κ1) is 21.2. The van der Waals surface area contributed by atoms with Crippen molar-refractivity contribution >= 4 is 58.4 Å². The van der Waals surface area contributed by atoms with E-state index in [2.05, 4.69) is 26.2 Å². The lowest BCUT2D eigenvalue weighted by atomic mass is 9.96. The van der Waals surface area contributed by atoms with Gasteiger partial charge in [0.2, 0.25) is 11.8 Å². The number of carbonyl (C=O) groups is 2. The first-order chi connectivity index (χ1) is 10.5. The van der Waals surface area contributed by atoms with Crippen LogP contribution in [0, 0.1) is 5.92 Å². The predicted octanol–water partition coefficient (Wildman–Crippen LogP) is 2.36. The fraction of sp³-hybridized carbons (Fsp3) is 0.533. The van der Waals surface area contributed by atoms with E-state index in [0.29, 0.717) is 18.9 Å². The second kappa shape index (κ2) is 8.47. The van der Waals surface area contributed by atoms with Gasteiger partial charge in [0.15, 0.2) is 0 Å². The molecule has 3 rings (SSSR count). The van der Waals surface area contributed by atoms with Crippen molar-refractivity contribution in [1.29, 1.82) is 0 Å². The van der Waals surface area contributed by atoms with Crippen molar-refractivity contribution in [3.8, 4) is 0 Å². The zero-order valence-corrected chi connectivity index (χ0v) is 16.3. The highest BCUT2D eigenvalue weighted by Gasteiger charge is 2.49. The number of halogens is 3. The Labute approximate surface area is 161 Å². The summed E-state index contributed by atoms with van der Waals surface area (Å²) in [5.41, 5.74) is 5.31. The second-order valence-electron chi connectivity index (χ2n) is 6.10. The number of carbonyl (C=O) groups excluding carboxylic acids is 2. The van der Waals surface area contributed by atoms with Crippen LogP contribution in [0.4, 0.5) is 5.82 Å². The van der Waals surface area contributed by atoms with Gasteiger partial charge in [0.05, 0.1) is 11.5 Å². The Hall–Kier alpha value is -0.890. The van der Waals surface area contributed by atoms with Crippen molar-refractivity contribution in [3.63, 3.8) is 0 Å². The highest BCUT2D eigenvalue weighted by Crippen LogP contribution is 2.35. The van der Waals surface area contributed by atoms with Gasteiger partial charge in [0.25, 0.3) is 0 Å². The zero-order valence-electron chi connectivity index (χ0n) is 13.0. The molecule has 1 aromatic rings. The SMILES string of the molecule is Cl.Cl.NC1(C(=O)N2CCCC(C(=O)Nc3ccc(Br)cn3)C2)CC1. The minimum absolute atomic E-state index is 0. The van der Waals surface area contributed by atoms with E-state index in [9.17, 15) is 9.59 Å². The lowest BCUT2D eigenvalue weighted by molar-refractivity contribution is -0.136. The van der Waals surface area contributed by atoms with Crippen LogP contribution in [-0.2, 0) is 9.59 Å². The molecule has 0 aromatic carbocycles. The summed E-state index contributed by atoms with van der Waals surface area (Å²) in [7, 11) is 0. The number of aromatic nitrogens is 1. The molecule has 2 aliphatic rings. The number of rotatable bonds is 3. The quantitative estimate of drug-likeness (QED) is 0.756. The van der Waals surface area contributed by atoms with E-state index in [1.54, 1.807) is 17.2 Å². The second-order valence-corrected chi connectivity index (χ2v) is 7.01. The fourth-order valence-corrected chi connectivity index (χ4v) is 2.95. The topological polar surface area (TPSA) is 88.3 Å². The summed E-state index contributed by atoms with van der Waals surface area (Å²) >= 11 is 3.31. The maximum atomic E-state index is 12.4. The summed E-state index contributed by atoms with van der Waals surface area (Å²) in [5.74, 6) is 0.223. The van der Waals surface area contributed by atoms with Crippen molar-refractivity contribution in [3.05, 3.63) is 22.8 Å². The van der Waals surface area contributed by atoms with Gasteiger partial charge in [-0.15, -0.1) is 24.8 Å². The number of hydrogen-bond donors (Lipinski definition) is 2. The van der Waals surface area contributed by atoms with Gasteiger partial charge < -0.3 is 16.0 Å². The van der Waals surface area contributed by atoms with Gasteiger partial charge in [-0.05, 0) is 53.7 Å². The molecule has 3 N–H and O–H groups in total. The highest BCUT2D eigenvalue weighted by atomic mass is 79.9. The molecule has 1 aromatic heterocycles. The van der Waals surface area contributed by atoms with Gasteiger partial charge in [-0.2, -0.15) is 0 Å². The third-order valence-electron chi connectivity index (χ3n) is 4.27. The number of piperidine rings is 1. The average Bonchev–Trinajstić information content (AvgIpc) is 3.28. The molecule has 0 spiro atoms. The number of nitrogens with two attached hydrogens (primary N) is 1. The smallest absolute Gasteiger partial charge is 0.242 e. The van der Waals surface area contributed by atoms with Gasteiger partial charge in [-0.1, -0.05) is 0 Å². The molecule has 6 nitrogen and oxygen atoms in total. The van der Waals surface area contributed by atoms with Crippen LogP contribution < -0.4 is 11.1 Å². The number of nitrogens with one attached hydrogen (secondary N) is 1. The third kappa shape index (κ3) is 4.81. The third-order valence-corrected chi connectivity index (χ3v) is 4.74. The van der Waals surface area contributed by atoms with Gasteiger partial charge >= 0.3 is 0 Å². The molecular weight excluding hydrogens is 419 g/mol. The van der Waals surface area contributed by atoms with Gasteiger partial charge in [-0.3, -0.25) is 9.59 Å². The van der Waals surface area contributed by atoms with Crippen LogP contribution in [0.5, 0.6) is 0 Å². The molecule has 1 aliphatic heterocycles. The Bertz CT molecular complexity index is 596. The minimum Gasteiger partial charge on any atom is -0.340 e. The normalized spacial score (nSPS) is 21.1. The number of likely N-dealkylation sites (tertiary alicyclic amines) is 1. The van der Waals surface area contributed by atoms with E-state index in [1.165, 1.54) is 0 Å². The molecule has 2 fully saturated rings. The highest BCUT2D eigenvalue weighted by molar-refractivity contribution is 9.10. The van der Waals surface area contributed by atoms with E-state index in [1.807, 2.05) is 6.07 Å². The van der Waals surface area contributed by atoms with E-state index < -0.39 is 5.54 Å². The minimum atomic E-state index is -0.661. The molecule has 9 heteroatoms. The number of amides is 2. The Morgan fingerprint density at radius 2 is 2.04 bits per heavy atom. The van der Waals surface area contributed by atoms with Crippen molar-refractivity contribution < 1.29 is 9.59 Å². The first-order valence-electron chi connectivity index (χ1n) is 7.49. The summed E-state index contributed by atoms with van der Waals surface area (Å²) in [6.45, 7) is 1.14. The molecule has 0 bridgehead atoms. The maximum absolute atomic E-state index is 12.4.